The Morgan fingerprint density at radius 1 is 1.15 bits per heavy atom. The highest BCUT2D eigenvalue weighted by molar-refractivity contribution is 5.38. The summed E-state index contributed by atoms with van der Waals surface area (Å²) in [7, 11) is 0. The van der Waals surface area contributed by atoms with Crippen LogP contribution in [0.1, 0.15) is 51.4 Å². The maximum absolute atomic E-state index is 4.77. The van der Waals surface area contributed by atoms with Crippen LogP contribution in [0, 0.1) is 0 Å². The second-order valence-corrected chi connectivity index (χ2v) is 6.78. The zero-order valence-electron chi connectivity index (χ0n) is 12.8. The molecular formula is C16H24N4. The molecule has 4 heteroatoms. The summed E-state index contributed by atoms with van der Waals surface area (Å²) < 4.78 is 2.16. The van der Waals surface area contributed by atoms with Crippen molar-refractivity contribution in [3.8, 4) is 0 Å². The molecule has 4 nitrogen and oxygen atoms in total. The minimum absolute atomic E-state index is 0.0544. The van der Waals surface area contributed by atoms with E-state index in [4.69, 9.17) is 4.98 Å². The van der Waals surface area contributed by atoms with Gasteiger partial charge in [-0.05, 0) is 32.0 Å². The third kappa shape index (κ3) is 2.57. The molecule has 0 saturated carbocycles. The Hall–Kier alpha value is -1.42. The fourth-order valence-electron chi connectivity index (χ4n) is 3.02. The summed E-state index contributed by atoms with van der Waals surface area (Å²) in [6.07, 6.45) is 7.92. The van der Waals surface area contributed by atoms with Gasteiger partial charge in [0.2, 0.25) is 5.78 Å². The minimum atomic E-state index is 0.0544. The lowest BCUT2D eigenvalue weighted by molar-refractivity contribution is 0.216. The van der Waals surface area contributed by atoms with E-state index in [1.165, 1.54) is 43.7 Å². The van der Waals surface area contributed by atoms with E-state index >= 15 is 0 Å². The lowest BCUT2D eigenvalue weighted by Gasteiger charge is -2.27. The van der Waals surface area contributed by atoms with Crippen molar-refractivity contribution in [2.45, 2.75) is 52.0 Å². The maximum Gasteiger partial charge on any atom is 0.234 e. The normalized spacial score (nSPS) is 17.8. The van der Waals surface area contributed by atoms with E-state index in [1.807, 2.05) is 12.3 Å². The highest BCUT2D eigenvalue weighted by Gasteiger charge is 2.25. The van der Waals surface area contributed by atoms with Crippen LogP contribution < -0.4 is 0 Å². The molecule has 0 amide bonds. The molecule has 1 aliphatic rings. The molecule has 0 unspecified atom stereocenters. The molecule has 2 aromatic rings. The number of fused-ring (bicyclic) bond motifs is 1. The van der Waals surface area contributed by atoms with Gasteiger partial charge in [0.05, 0.1) is 11.4 Å². The Kier molecular flexibility index (Phi) is 3.50. The Labute approximate surface area is 120 Å². The fraction of sp³-hybridized carbons (Fsp3) is 0.625. The third-order valence-corrected chi connectivity index (χ3v) is 4.04. The zero-order chi connectivity index (χ0) is 14.2. The number of rotatable bonds is 2. The van der Waals surface area contributed by atoms with Gasteiger partial charge in [0.1, 0.15) is 0 Å². The first kappa shape index (κ1) is 13.6. The van der Waals surface area contributed by atoms with Gasteiger partial charge < -0.3 is 0 Å². The highest BCUT2D eigenvalue weighted by atomic mass is 15.2. The third-order valence-electron chi connectivity index (χ3n) is 4.04. The number of nitrogens with zero attached hydrogens (tertiary/aromatic N) is 4. The molecule has 1 fully saturated rings. The van der Waals surface area contributed by atoms with Crippen LogP contribution in [-0.2, 0) is 12.0 Å². The summed E-state index contributed by atoms with van der Waals surface area (Å²) in [5, 5.41) is 0. The molecule has 0 bridgehead atoms. The van der Waals surface area contributed by atoms with Crippen molar-refractivity contribution < 1.29 is 0 Å². The van der Waals surface area contributed by atoms with E-state index in [0.29, 0.717) is 0 Å². The number of imidazole rings is 1. The highest BCUT2D eigenvalue weighted by Crippen LogP contribution is 2.27. The largest absolute Gasteiger partial charge is 0.298 e. The van der Waals surface area contributed by atoms with Gasteiger partial charge in [-0.1, -0.05) is 27.2 Å². The smallest absolute Gasteiger partial charge is 0.234 e. The molecule has 1 aliphatic heterocycles. The van der Waals surface area contributed by atoms with Gasteiger partial charge in [-0.15, -0.1) is 0 Å². The Bertz CT molecular complexity index is 588. The van der Waals surface area contributed by atoms with Crippen molar-refractivity contribution in [3.63, 3.8) is 0 Å². The summed E-state index contributed by atoms with van der Waals surface area (Å²) in [5.74, 6) is 0.824. The first-order valence-electron chi connectivity index (χ1n) is 7.60. The average molecular weight is 272 g/mol. The zero-order valence-corrected chi connectivity index (χ0v) is 12.8. The minimum Gasteiger partial charge on any atom is -0.298 e. The van der Waals surface area contributed by atoms with Crippen LogP contribution in [0.15, 0.2) is 18.5 Å². The van der Waals surface area contributed by atoms with Gasteiger partial charge in [0.15, 0.2) is 0 Å². The molecule has 20 heavy (non-hydrogen) atoms. The first-order valence-corrected chi connectivity index (χ1v) is 7.60. The number of piperidine rings is 1. The first-order chi connectivity index (χ1) is 9.55. The quantitative estimate of drug-likeness (QED) is 0.842. The van der Waals surface area contributed by atoms with E-state index in [0.717, 1.165) is 12.3 Å². The lowest BCUT2D eigenvalue weighted by Crippen LogP contribution is -2.31. The molecule has 0 radical (unpaired) electrons. The van der Waals surface area contributed by atoms with Gasteiger partial charge in [-0.3, -0.25) is 9.30 Å². The molecule has 2 aromatic heterocycles. The van der Waals surface area contributed by atoms with E-state index in [9.17, 15) is 0 Å². The molecule has 3 heterocycles. The van der Waals surface area contributed by atoms with E-state index < -0.39 is 0 Å². The number of likely N-dealkylation sites (tertiary alicyclic amines) is 1. The second-order valence-electron chi connectivity index (χ2n) is 6.78. The fourth-order valence-corrected chi connectivity index (χ4v) is 3.02. The monoisotopic (exact) mass is 272 g/mol. The van der Waals surface area contributed by atoms with E-state index in [1.54, 1.807) is 0 Å². The molecule has 3 rings (SSSR count). The molecule has 0 atom stereocenters. The van der Waals surface area contributed by atoms with Gasteiger partial charge in [-0.25, -0.2) is 9.97 Å². The Balaban J connectivity index is 2.01. The van der Waals surface area contributed by atoms with E-state index in [2.05, 4.69) is 41.3 Å². The van der Waals surface area contributed by atoms with Crippen LogP contribution in [0.25, 0.3) is 5.78 Å². The standard InChI is InChI=1S/C16H24N4/c1-16(2,3)14-13(12-19-9-5-4-6-10-19)20-11-7-8-17-15(20)18-14/h7-8,11H,4-6,9-10,12H2,1-3H3. The Morgan fingerprint density at radius 3 is 2.60 bits per heavy atom. The summed E-state index contributed by atoms with van der Waals surface area (Å²) >= 11 is 0. The van der Waals surface area contributed by atoms with Gasteiger partial charge in [0, 0.05) is 24.4 Å². The number of hydrogen-bond donors (Lipinski definition) is 0. The van der Waals surface area contributed by atoms with Crippen LogP contribution in [-0.4, -0.2) is 32.4 Å². The summed E-state index contributed by atoms with van der Waals surface area (Å²) in [6.45, 7) is 10.1. The van der Waals surface area contributed by atoms with Crippen LogP contribution in [0.3, 0.4) is 0 Å². The number of aromatic nitrogens is 3. The molecule has 0 N–H and O–H groups in total. The molecule has 0 spiro atoms. The van der Waals surface area contributed by atoms with Crippen LogP contribution in [0.5, 0.6) is 0 Å². The van der Waals surface area contributed by atoms with Crippen molar-refractivity contribution in [2.75, 3.05) is 13.1 Å². The van der Waals surface area contributed by atoms with Crippen molar-refractivity contribution in [3.05, 3.63) is 29.8 Å². The topological polar surface area (TPSA) is 33.4 Å². The van der Waals surface area contributed by atoms with Crippen LogP contribution in [0.2, 0.25) is 0 Å². The Morgan fingerprint density at radius 2 is 1.90 bits per heavy atom. The molecule has 108 valence electrons. The molecule has 0 aliphatic carbocycles. The van der Waals surface area contributed by atoms with Crippen molar-refractivity contribution in [1.29, 1.82) is 0 Å². The van der Waals surface area contributed by atoms with Crippen molar-refractivity contribution in [1.82, 2.24) is 19.3 Å². The van der Waals surface area contributed by atoms with Crippen LogP contribution in [0.4, 0.5) is 0 Å². The number of hydrogen-bond acceptors (Lipinski definition) is 3. The molecule has 0 aromatic carbocycles. The molecule has 1 saturated heterocycles. The summed E-state index contributed by atoms with van der Waals surface area (Å²) in [4.78, 5) is 11.7. The van der Waals surface area contributed by atoms with Gasteiger partial charge in [-0.2, -0.15) is 0 Å². The van der Waals surface area contributed by atoms with E-state index in [-0.39, 0.29) is 5.41 Å². The second kappa shape index (κ2) is 5.17. The predicted molar refractivity (Wildman–Crippen MR) is 80.8 cm³/mol. The maximum atomic E-state index is 4.77. The van der Waals surface area contributed by atoms with Crippen molar-refractivity contribution >= 4 is 5.78 Å². The van der Waals surface area contributed by atoms with Gasteiger partial charge >= 0.3 is 0 Å². The predicted octanol–water partition coefficient (Wildman–Crippen LogP) is 3.01. The summed E-state index contributed by atoms with van der Waals surface area (Å²) in [6, 6.07) is 1.99. The van der Waals surface area contributed by atoms with Crippen molar-refractivity contribution in [2.24, 2.45) is 0 Å². The van der Waals surface area contributed by atoms with Crippen LogP contribution >= 0.6 is 0 Å². The lowest BCUT2D eigenvalue weighted by atomic mass is 9.90. The SMILES string of the molecule is CC(C)(C)c1nc2ncccn2c1CN1CCCCC1. The average Bonchev–Trinajstić information content (AvgIpc) is 2.79. The van der Waals surface area contributed by atoms with Gasteiger partial charge in [0.25, 0.3) is 0 Å². The summed E-state index contributed by atoms with van der Waals surface area (Å²) in [5.41, 5.74) is 2.54. The molecular weight excluding hydrogens is 248 g/mol.